The molecule has 0 amide bonds. The molecule has 1 heterocycles. The fourth-order valence-corrected chi connectivity index (χ4v) is 1.20. The van der Waals surface area contributed by atoms with Gasteiger partial charge in [0.05, 0.1) is 17.7 Å². The highest BCUT2D eigenvalue weighted by Crippen LogP contribution is 2.18. The third kappa shape index (κ3) is 4.53. The van der Waals surface area contributed by atoms with Crippen molar-refractivity contribution in [3.05, 3.63) is 29.6 Å². The number of carboxylic acids is 1. The molecule has 0 radical (unpaired) electrons. The minimum absolute atomic E-state index is 0.0275. The number of carbonyl (C=O) groups excluding carboxylic acids is 1. The number of ether oxygens (including phenoxy) is 1. The van der Waals surface area contributed by atoms with E-state index in [0.717, 1.165) is 6.42 Å². The lowest BCUT2D eigenvalue weighted by Gasteiger charge is -2.17. The van der Waals surface area contributed by atoms with Crippen LogP contribution < -0.4 is 0 Å². The molecular formula is C13H17NO4. The average Bonchev–Trinajstić information content (AvgIpc) is 2.27. The Labute approximate surface area is 106 Å². The molecule has 0 unspecified atom stereocenters. The van der Waals surface area contributed by atoms with Gasteiger partial charge in [0.25, 0.3) is 0 Å². The molecule has 0 aliphatic carbocycles. The largest absolute Gasteiger partial charge is 0.478 e. The summed E-state index contributed by atoms with van der Waals surface area (Å²) in [6, 6.07) is 1.26. The fraction of sp³-hybridized carbons (Fsp3) is 0.462. The van der Waals surface area contributed by atoms with E-state index in [1.165, 1.54) is 18.5 Å². The minimum atomic E-state index is -1.12. The maximum atomic E-state index is 11.7. The molecule has 1 rings (SSSR count). The molecule has 0 atom stereocenters. The first-order valence-corrected chi connectivity index (χ1v) is 5.65. The lowest BCUT2D eigenvalue weighted by Crippen LogP contribution is -2.14. The lowest BCUT2D eigenvalue weighted by molar-refractivity contribution is 0.0464. The molecule has 1 N–H and O–H groups in total. The van der Waals surface area contributed by atoms with Crippen LogP contribution in [-0.2, 0) is 4.74 Å². The first kappa shape index (κ1) is 14.2. The molecule has 0 aromatic carbocycles. The van der Waals surface area contributed by atoms with E-state index in [1.54, 1.807) is 0 Å². The number of nitrogens with zero attached hydrogens (tertiary/aromatic N) is 1. The van der Waals surface area contributed by atoms with Gasteiger partial charge < -0.3 is 9.84 Å². The normalized spacial score (nSPS) is 11.1. The first-order valence-electron chi connectivity index (χ1n) is 5.65. The Bertz CT molecular complexity index is 449. The van der Waals surface area contributed by atoms with E-state index in [9.17, 15) is 9.59 Å². The van der Waals surface area contributed by atoms with Gasteiger partial charge in [-0.05, 0) is 17.9 Å². The van der Waals surface area contributed by atoms with Gasteiger partial charge >= 0.3 is 11.9 Å². The number of carboxylic acid groups (broad SMARTS) is 1. The van der Waals surface area contributed by atoms with Crippen LogP contribution in [0.15, 0.2) is 18.5 Å². The molecule has 0 spiro atoms. The molecule has 98 valence electrons. The number of carbonyl (C=O) groups is 2. The van der Waals surface area contributed by atoms with Gasteiger partial charge in [-0.3, -0.25) is 4.98 Å². The van der Waals surface area contributed by atoms with Gasteiger partial charge in [0.2, 0.25) is 0 Å². The molecule has 5 heteroatoms. The fourth-order valence-electron chi connectivity index (χ4n) is 1.20. The zero-order valence-corrected chi connectivity index (χ0v) is 10.8. The van der Waals surface area contributed by atoms with Crippen LogP contribution in [0.1, 0.15) is 47.9 Å². The molecule has 0 saturated heterocycles. The minimum Gasteiger partial charge on any atom is -0.478 e. The van der Waals surface area contributed by atoms with Gasteiger partial charge in [0.1, 0.15) is 0 Å². The summed E-state index contributed by atoms with van der Waals surface area (Å²) < 4.78 is 5.07. The molecule has 0 aliphatic rings. The number of pyridine rings is 1. The summed E-state index contributed by atoms with van der Waals surface area (Å²) in [6.45, 7) is 6.45. The average molecular weight is 251 g/mol. The molecule has 1 aromatic rings. The van der Waals surface area contributed by atoms with E-state index in [4.69, 9.17) is 9.84 Å². The Morgan fingerprint density at radius 3 is 2.44 bits per heavy atom. The molecule has 1 aromatic heterocycles. The third-order valence-corrected chi connectivity index (χ3v) is 2.31. The van der Waals surface area contributed by atoms with Crippen LogP contribution >= 0.6 is 0 Å². The van der Waals surface area contributed by atoms with E-state index in [1.807, 2.05) is 20.8 Å². The van der Waals surface area contributed by atoms with Gasteiger partial charge in [0, 0.05) is 12.4 Å². The van der Waals surface area contributed by atoms with Crippen LogP contribution in [0, 0.1) is 5.41 Å². The number of aromatic carboxylic acids is 1. The molecular weight excluding hydrogens is 234 g/mol. The maximum Gasteiger partial charge on any atom is 0.339 e. The zero-order chi connectivity index (χ0) is 13.8. The second-order valence-electron chi connectivity index (χ2n) is 5.21. The lowest BCUT2D eigenvalue weighted by atomic mass is 9.93. The number of hydrogen-bond donors (Lipinski definition) is 1. The standard InChI is InChI=1S/C13H17NO4/c1-13(2,3)4-5-18-12(17)10-6-9(11(15)16)7-14-8-10/h6-8H,4-5H2,1-3H3,(H,15,16). The summed E-state index contributed by atoms with van der Waals surface area (Å²) in [6.07, 6.45) is 3.23. The van der Waals surface area contributed by atoms with E-state index in [0.29, 0.717) is 6.61 Å². The Morgan fingerprint density at radius 2 is 1.89 bits per heavy atom. The quantitative estimate of drug-likeness (QED) is 0.831. The zero-order valence-electron chi connectivity index (χ0n) is 10.8. The maximum absolute atomic E-state index is 11.7. The van der Waals surface area contributed by atoms with Crippen molar-refractivity contribution in [1.29, 1.82) is 0 Å². The number of hydrogen-bond acceptors (Lipinski definition) is 4. The third-order valence-electron chi connectivity index (χ3n) is 2.31. The van der Waals surface area contributed by atoms with Crippen molar-refractivity contribution in [2.75, 3.05) is 6.61 Å². The Morgan fingerprint density at radius 1 is 1.28 bits per heavy atom. The number of aromatic nitrogens is 1. The number of rotatable bonds is 4. The molecule has 0 aliphatic heterocycles. The Hall–Kier alpha value is -1.91. The van der Waals surface area contributed by atoms with Crippen molar-refractivity contribution >= 4 is 11.9 Å². The first-order chi connectivity index (χ1) is 8.29. The van der Waals surface area contributed by atoms with Gasteiger partial charge in [-0.15, -0.1) is 0 Å². The Kier molecular flexibility index (Phi) is 4.42. The van der Waals surface area contributed by atoms with Crippen molar-refractivity contribution in [2.24, 2.45) is 5.41 Å². The Balaban J connectivity index is 2.62. The topological polar surface area (TPSA) is 76.5 Å². The molecule has 18 heavy (non-hydrogen) atoms. The van der Waals surface area contributed by atoms with E-state index in [2.05, 4.69) is 4.98 Å². The summed E-state index contributed by atoms with van der Waals surface area (Å²) in [5, 5.41) is 8.78. The van der Waals surface area contributed by atoms with Crippen LogP contribution in [0.25, 0.3) is 0 Å². The van der Waals surface area contributed by atoms with Crippen molar-refractivity contribution in [3.63, 3.8) is 0 Å². The summed E-state index contributed by atoms with van der Waals surface area (Å²) in [5.41, 5.74) is 0.214. The molecule has 0 bridgehead atoms. The van der Waals surface area contributed by atoms with E-state index in [-0.39, 0.29) is 16.5 Å². The summed E-state index contributed by atoms with van der Waals surface area (Å²) in [4.78, 5) is 26.1. The van der Waals surface area contributed by atoms with Crippen LogP contribution in [0.3, 0.4) is 0 Å². The second kappa shape index (κ2) is 5.62. The highest BCUT2D eigenvalue weighted by atomic mass is 16.5. The smallest absolute Gasteiger partial charge is 0.339 e. The van der Waals surface area contributed by atoms with Crippen molar-refractivity contribution in [1.82, 2.24) is 4.98 Å². The van der Waals surface area contributed by atoms with Gasteiger partial charge in [-0.1, -0.05) is 20.8 Å². The highest BCUT2D eigenvalue weighted by molar-refractivity contribution is 5.93. The summed E-state index contributed by atoms with van der Waals surface area (Å²) in [5.74, 6) is -1.67. The van der Waals surface area contributed by atoms with Crippen LogP contribution in [0.4, 0.5) is 0 Å². The second-order valence-corrected chi connectivity index (χ2v) is 5.21. The van der Waals surface area contributed by atoms with Gasteiger partial charge in [0.15, 0.2) is 0 Å². The summed E-state index contributed by atoms with van der Waals surface area (Å²) in [7, 11) is 0. The van der Waals surface area contributed by atoms with Crippen molar-refractivity contribution in [3.8, 4) is 0 Å². The molecule has 5 nitrogen and oxygen atoms in total. The number of esters is 1. The van der Waals surface area contributed by atoms with E-state index >= 15 is 0 Å². The van der Waals surface area contributed by atoms with Gasteiger partial charge in [-0.2, -0.15) is 0 Å². The summed E-state index contributed by atoms with van der Waals surface area (Å²) >= 11 is 0. The highest BCUT2D eigenvalue weighted by Gasteiger charge is 2.14. The SMILES string of the molecule is CC(C)(C)CCOC(=O)c1cncc(C(=O)O)c1. The van der Waals surface area contributed by atoms with Crippen LogP contribution in [0.5, 0.6) is 0 Å². The van der Waals surface area contributed by atoms with E-state index < -0.39 is 11.9 Å². The van der Waals surface area contributed by atoms with Crippen LogP contribution in [-0.4, -0.2) is 28.6 Å². The predicted molar refractivity (Wildman–Crippen MR) is 65.6 cm³/mol. The predicted octanol–water partition coefficient (Wildman–Crippen LogP) is 2.37. The van der Waals surface area contributed by atoms with Crippen molar-refractivity contribution in [2.45, 2.75) is 27.2 Å². The van der Waals surface area contributed by atoms with Crippen molar-refractivity contribution < 1.29 is 19.4 Å². The molecule has 0 saturated carbocycles. The monoisotopic (exact) mass is 251 g/mol. The van der Waals surface area contributed by atoms with Gasteiger partial charge in [-0.25, -0.2) is 9.59 Å². The molecule has 0 fully saturated rings. The van der Waals surface area contributed by atoms with Crippen LogP contribution in [0.2, 0.25) is 0 Å².